The van der Waals surface area contributed by atoms with E-state index in [4.69, 9.17) is 4.74 Å². The van der Waals surface area contributed by atoms with Crippen molar-refractivity contribution in [1.29, 1.82) is 0 Å². The van der Waals surface area contributed by atoms with Crippen LogP contribution in [-0.4, -0.2) is 23.5 Å². The summed E-state index contributed by atoms with van der Waals surface area (Å²) in [5.74, 6) is 0.361. The van der Waals surface area contributed by atoms with Crippen molar-refractivity contribution in [3.8, 4) is 5.75 Å². The van der Waals surface area contributed by atoms with E-state index in [0.717, 1.165) is 30.6 Å². The minimum atomic E-state index is -0.466. The fourth-order valence-electron chi connectivity index (χ4n) is 2.67. The van der Waals surface area contributed by atoms with Crippen molar-refractivity contribution in [1.82, 2.24) is 0 Å². The number of nitro benzene ring substituents is 1. The topological polar surface area (TPSA) is 93.5 Å². The molecular weight excluding hydrogens is 346 g/mol. The number of hydrogen-bond acceptors (Lipinski definition) is 5. The van der Waals surface area contributed by atoms with Gasteiger partial charge in [0, 0.05) is 23.4 Å². The lowest BCUT2D eigenvalue weighted by molar-refractivity contribution is -0.384. The first-order valence-corrected chi connectivity index (χ1v) is 9.07. The molecule has 7 heteroatoms. The number of carbonyl (C=O) groups excluding carboxylic acids is 1. The van der Waals surface area contributed by atoms with Gasteiger partial charge in [-0.3, -0.25) is 14.9 Å². The SMILES string of the molecule is CCCOc1ccc(NC(=O)c2ccc(NC3CC3)c([N+](=O)[O-])c2)c(C)c1. The van der Waals surface area contributed by atoms with Crippen LogP contribution in [0.4, 0.5) is 17.1 Å². The zero-order valence-corrected chi connectivity index (χ0v) is 15.5. The van der Waals surface area contributed by atoms with E-state index in [1.54, 1.807) is 24.3 Å². The van der Waals surface area contributed by atoms with E-state index < -0.39 is 4.92 Å². The summed E-state index contributed by atoms with van der Waals surface area (Å²) in [5, 5.41) is 17.3. The van der Waals surface area contributed by atoms with Crippen LogP contribution in [0, 0.1) is 17.0 Å². The van der Waals surface area contributed by atoms with Gasteiger partial charge in [-0.05, 0) is 62.1 Å². The third-order valence-corrected chi connectivity index (χ3v) is 4.31. The Hall–Kier alpha value is -3.09. The molecule has 0 aromatic heterocycles. The van der Waals surface area contributed by atoms with Gasteiger partial charge in [0.1, 0.15) is 11.4 Å². The molecule has 0 saturated heterocycles. The molecular formula is C20H23N3O4. The Morgan fingerprint density at radius 1 is 1.22 bits per heavy atom. The molecule has 0 aliphatic heterocycles. The van der Waals surface area contributed by atoms with E-state index in [1.165, 1.54) is 6.07 Å². The lowest BCUT2D eigenvalue weighted by Gasteiger charge is -2.12. The Morgan fingerprint density at radius 2 is 1.96 bits per heavy atom. The summed E-state index contributed by atoms with van der Waals surface area (Å²) in [6, 6.07) is 10.2. The van der Waals surface area contributed by atoms with E-state index >= 15 is 0 Å². The number of hydrogen-bond donors (Lipinski definition) is 2. The molecule has 0 radical (unpaired) electrons. The van der Waals surface area contributed by atoms with Crippen molar-refractivity contribution < 1.29 is 14.5 Å². The number of benzene rings is 2. The number of nitrogens with zero attached hydrogens (tertiary/aromatic N) is 1. The Kier molecular flexibility index (Phi) is 5.59. The van der Waals surface area contributed by atoms with Gasteiger partial charge >= 0.3 is 0 Å². The van der Waals surface area contributed by atoms with Crippen LogP contribution in [-0.2, 0) is 0 Å². The summed E-state index contributed by atoms with van der Waals surface area (Å²) in [6.07, 6.45) is 2.94. The molecule has 0 bridgehead atoms. The Morgan fingerprint density at radius 3 is 2.59 bits per heavy atom. The van der Waals surface area contributed by atoms with Crippen LogP contribution in [0.3, 0.4) is 0 Å². The molecule has 1 aliphatic rings. The average Bonchev–Trinajstić information content (AvgIpc) is 3.46. The first-order chi connectivity index (χ1) is 13.0. The molecule has 3 rings (SSSR count). The second kappa shape index (κ2) is 8.07. The van der Waals surface area contributed by atoms with Gasteiger partial charge in [0.15, 0.2) is 0 Å². The molecule has 142 valence electrons. The van der Waals surface area contributed by atoms with Gasteiger partial charge in [-0.15, -0.1) is 0 Å². The normalized spacial score (nSPS) is 13.1. The van der Waals surface area contributed by atoms with Gasteiger partial charge in [0.05, 0.1) is 11.5 Å². The molecule has 1 amide bonds. The van der Waals surface area contributed by atoms with Gasteiger partial charge in [0.25, 0.3) is 11.6 Å². The van der Waals surface area contributed by atoms with E-state index in [-0.39, 0.29) is 17.2 Å². The molecule has 2 aromatic rings. The summed E-state index contributed by atoms with van der Waals surface area (Å²) < 4.78 is 5.58. The van der Waals surface area contributed by atoms with Crippen molar-refractivity contribution in [2.45, 2.75) is 39.2 Å². The minimum Gasteiger partial charge on any atom is -0.494 e. The zero-order chi connectivity index (χ0) is 19.4. The van der Waals surface area contributed by atoms with Crippen LogP contribution < -0.4 is 15.4 Å². The highest BCUT2D eigenvalue weighted by Gasteiger charge is 2.25. The third-order valence-electron chi connectivity index (χ3n) is 4.31. The molecule has 1 saturated carbocycles. The number of nitrogens with one attached hydrogen (secondary N) is 2. The van der Waals surface area contributed by atoms with Crippen LogP contribution in [0.5, 0.6) is 5.75 Å². The van der Waals surface area contributed by atoms with Crippen LogP contribution in [0.15, 0.2) is 36.4 Å². The Bertz CT molecular complexity index is 862. The molecule has 27 heavy (non-hydrogen) atoms. The molecule has 2 aromatic carbocycles. The first-order valence-electron chi connectivity index (χ1n) is 9.07. The fourth-order valence-corrected chi connectivity index (χ4v) is 2.67. The standard InChI is InChI=1S/C20H23N3O4/c1-3-10-27-16-7-9-17(13(2)11-16)22-20(24)14-4-8-18(21-15-5-6-15)19(12-14)23(25)26/h4,7-9,11-12,15,21H,3,5-6,10H2,1-2H3,(H,22,24). The maximum Gasteiger partial charge on any atom is 0.293 e. The lowest BCUT2D eigenvalue weighted by Crippen LogP contribution is -2.14. The predicted molar refractivity (Wildman–Crippen MR) is 105 cm³/mol. The molecule has 7 nitrogen and oxygen atoms in total. The fraction of sp³-hybridized carbons (Fsp3) is 0.350. The van der Waals surface area contributed by atoms with Gasteiger partial charge in [-0.1, -0.05) is 6.92 Å². The minimum absolute atomic E-state index is 0.0883. The van der Waals surface area contributed by atoms with Gasteiger partial charge < -0.3 is 15.4 Å². The smallest absolute Gasteiger partial charge is 0.293 e. The Labute approximate surface area is 157 Å². The van der Waals surface area contributed by atoms with Crippen LogP contribution in [0.25, 0.3) is 0 Å². The summed E-state index contributed by atoms with van der Waals surface area (Å²) in [5.41, 5.74) is 2.11. The Balaban J connectivity index is 1.75. The summed E-state index contributed by atoms with van der Waals surface area (Å²) >= 11 is 0. The van der Waals surface area contributed by atoms with Crippen molar-refractivity contribution in [3.05, 3.63) is 57.6 Å². The number of amides is 1. The van der Waals surface area contributed by atoms with Gasteiger partial charge in [-0.25, -0.2) is 0 Å². The van der Waals surface area contributed by atoms with Gasteiger partial charge in [-0.2, -0.15) is 0 Å². The number of anilines is 2. The largest absolute Gasteiger partial charge is 0.494 e. The highest BCUT2D eigenvalue weighted by Crippen LogP contribution is 2.32. The van der Waals surface area contributed by atoms with Crippen molar-refractivity contribution in [2.24, 2.45) is 0 Å². The summed E-state index contributed by atoms with van der Waals surface area (Å²) in [7, 11) is 0. The van der Waals surface area contributed by atoms with E-state index in [1.807, 2.05) is 19.9 Å². The maximum absolute atomic E-state index is 12.6. The third kappa shape index (κ3) is 4.75. The number of aryl methyl sites for hydroxylation is 1. The van der Waals surface area contributed by atoms with Crippen molar-refractivity contribution in [3.63, 3.8) is 0 Å². The molecule has 0 spiro atoms. The quantitative estimate of drug-likeness (QED) is 0.527. The van der Waals surface area contributed by atoms with Crippen LogP contribution >= 0.6 is 0 Å². The number of ether oxygens (including phenoxy) is 1. The highest BCUT2D eigenvalue weighted by atomic mass is 16.6. The highest BCUT2D eigenvalue weighted by molar-refractivity contribution is 6.05. The van der Waals surface area contributed by atoms with Crippen LogP contribution in [0.1, 0.15) is 42.1 Å². The van der Waals surface area contributed by atoms with Crippen molar-refractivity contribution in [2.75, 3.05) is 17.2 Å². The second-order valence-electron chi connectivity index (χ2n) is 6.69. The number of nitro groups is 1. The van der Waals surface area contributed by atoms with Crippen LogP contribution in [0.2, 0.25) is 0 Å². The average molecular weight is 369 g/mol. The van der Waals surface area contributed by atoms with E-state index in [0.29, 0.717) is 24.0 Å². The molecule has 2 N–H and O–H groups in total. The maximum atomic E-state index is 12.6. The van der Waals surface area contributed by atoms with Gasteiger partial charge in [0.2, 0.25) is 0 Å². The lowest BCUT2D eigenvalue weighted by atomic mass is 10.1. The molecule has 0 heterocycles. The molecule has 1 fully saturated rings. The zero-order valence-electron chi connectivity index (χ0n) is 15.5. The second-order valence-corrected chi connectivity index (χ2v) is 6.69. The van der Waals surface area contributed by atoms with Crippen molar-refractivity contribution >= 4 is 23.0 Å². The monoisotopic (exact) mass is 369 g/mol. The predicted octanol–water partition coefficient (Wildman–Crippen LogP) is 4.52. The summed E-state index contributed by atoms with van der Waals surface area (Å²) in [4.78, 5) is 23.4. The summed E-state index contributed by atoms with van der Waals surface area (Å²) in [6.45, 7) is 4.54. The number of carbonyl (C=O) groups is 1. The molecule has 0 atom stereocenters. The number of rotatable bonds is 8. The first kappa shape index (κ1) is 18.7. The molecule has 0 unspecified atom stereocenters. The van der Waals surface area contributed by atoms with E-state index in [2.05, 4.69) is 10.6 Å². The molecule has 1 aliphatic carbocycles. The van der Waals surface area contributed by atoms with E-state index in [9.17, 15) is 14.9 Å².